The number of nitrogens with zero attached hydrogens (tertiary/aromatic N) is 4. The lowest BCUT2D eigenvalue weighted by atomic mass is 10.2. The Labute approximate surface area is 240 Å². The summed E-state index contributed by atoms with van der Waals surface area (Å²) < 4.78 is 12.9. The van der Waals surface area contributed by atoms with E-state index in [-0.39, 0.29) is 29.0 Å². The van der Waals surface area contributed by atoms with Crippen LogP contribution in [0.25, 0.3) is 11.8 Å². The molecule has 0 bridgehead atoms. The average molecular weight is 583 g/mol. The van der Waals surface area contributed by atoms with E-state index in [1.165, 1.54) is 0 Å². The molecule has 208 valence electrons. The highest BCUT2D eigenvalue weighted by atomic mass is 35.5. The fourth-order valence-corrected chi connectivity index (χ4v) is 5.89. The number of para-hydroxylation sites is 1. The Balaban J connectivity index is 1.36. The maximum Gasteiger partial charge on any atom is 0.294 e. The number of imide groups is 1. The standard InChI is InChI=1S/C28H27ClN4O6S/c1-18-15-20(16-26-27(34)31(28(35)40-26)11-14-39-25-6-4-3-5-22(25)29)19(2)32(18)21-7-8-23(24(17-21)33(36)37)30-9-12-38-13-10-30/h3-8,15-17H,9-14H2,1-2H3/b26-16-. The molecule has 2 aliphatic heterocycles. The number of carbonyl (C=O) groups excluding carboxylic acids is 2. The van der Waals surface area contributed by atoms with Crippen molar-refractivity contribution in [3.63, 3.8) is 0 Å². The summed E-state index contributed by atoms with van der Waals surface area (Å²) in [6, 6.07) is 14.1. The summed E-state index contributed by atoms with van der Waals surface area (Å²) in [6.45, 7) is 6.20. The molecule has 0 radical (unpaired) electrons. The van der Waals surface area contributed by atoms with Crippen molar-refractivity contribution in [3.05, 3.63) is 85.5 Å². The number of rotatable bonds is 8. The second kappa shape index (κ2) is 11.7. The number of amides is 2. The number of aromatic nitrogens is 1. The van der Waals surface area contributed by atoms with Crippen molar-refractivity contribution in [3.8, 4) is 11.4 Å². The zero-order valence-electron chi connectivity index (χ0n) is 22.0. The number of halogens is 1. The normalized spacial score (nSPS) is 16.7. The van der Waals surface area contributed by atoms with E-state index in [2.05, 4.69) is 0 Å². The molecule has 0 saturated carbocycles. The Hall–Kier alpha value is -3.80. The number of ether oxygens (including phenoxy) is 2. The van der Waals surface area contributed by atoms with Gasteiger partial charge in [0, 0.05) is 30.5 Å². The first-order chi connectivity index (χ1) is 19.2. The van der Waals surface area contributed by atoms with Gasteiger partial charge in [0.2, 0.25) is 0 Å². The van der Waals surface area contributed by atoms with E-state index in [1.54, 1.807) is 42.5 Å². The maximum absolute atomic E-state index is 13.0. The van der Waals surface area contributed by atoms with Gasteiger partial charge in [-0.2, -0.15) is 0 Å². The van der Waals surface area contributed by atoms with Gasteiger partial charge in [-0.15, -0.1) is 0 Å². The lowest BCUT2D eigenvalue weighted by Crippen LogP contribution is -2.36. The number of nitro benzene ring substituents is 1. The van der Waals surface area contributed by atoms with Gasteiger partial charge >= 0.3 is 0 Å². The Morgan fingerprint density at radius 2 is 1.88 bits per heavy atom. The zero-order valence-corrected chi connectivity index (χ0v) is 23.5. The van der Waals surface area contributed by atoms with Gasteiger partial charge in [-0.3, -0.25) is 24.6 Å². The first-order valence-corrected chi connectivity index (χ1v) is 13.9. The second-order valence-electron chi connectivity index (χ2n) is 9.30. The van der Waals surface area contributed by atoms with Crippen LogP contribution in [0, 0.1) is 24.0 Å². The monoisotopic (exact) mass is 582 g/mol. The Bertz CT molecular complexity index is 1510. The summed E-state index contributed by atoms with van der Waals surface area (Å²) in [4.78, 5) is 40.7. The van der Waals surface area contributed by atoms with Crippen LogP contribution in [0.15, 0.2) is 53.4 Å². The Morgan fingerprint density at radius 3 is 2.60 bits per heavy atom. The van der Waals surface area contributed by atoms with Gasteiger partial charge in [0.05, 0.1) is 40.3 Å². The van der Waals surface area contributed by atoms with Crippen molar-refractivity contribution in [2.45, 2.75) is 13.8 Å². The highest BCUT2D eigenvalue weighted by Crippen LogP contribution is 2.36. The van der Waals surface area contributed by atoms with Gasteiger partial charge in [-0.25, -0.2) is 0 Å². The summed E-state index contributed by atoms with van der Waals surface area (Å²) in [5.41, 5.74) is 3.60. The topological polar surface area (TPSA) is 107 Å². The van der Waals surface area contributed by atoms with Gasteiger partial charge in [0.1, 0.15) is 18.0 Å². The van der Waals surface area contributed by atoms with Crippen LogP contribution in [-0.2, 0) is 9.53 Å². The van der Waals surface area contributed by atoms with Crippen molar-refractivity contribution in [2.75, 3.05) is 44.4 Å². The van der Waals surface area contributed by atoms with Crippen LogP contribution in [0.1, 0.15) is 17.0 Å². The third-order valence-electron chi connectivity index (χ3n) is 6.81. The number of thioether (sulfide) groups is 1. The minimum Gasteiger partial charge on any atom is -0.490 e. The van der Waals surface area contributed by atoms with E-state index >= 15 is 0 Å². The average Bonchev–Trinajstić information content (AvgIpc) is 3.38. The molecule has 3 aromatic rings. The van der Waals surface area contributed by atoms with Gasteiger partial charge in [-0.1, -0.05) is 23.7 Å². The van der Waals surface area contributed by atoms with Crippen LogP contribution >= 0.6 is 23.4 Å². The van der Waals surface area contributed by atoms with E-state index in [9.17, 15) is 19.7 Å². The predicted octanol–water partition coefficient (Wildman–Crippen LogP) is 5.61. The molecule has 12 heteroatoms. The molecular weight excluding hydrogens is 556 g/mol. The smallest absolute Gasteiger partial charge is 0.294 e. The van der Waals surface area contributed by atoms with E-state index in [1.807, 2.05) is 35.4 Å². The van der Waals surface area contributed by atoms with E-state index in [0.717, 1.165) is 33.6 Å². The molecule has 2 amide bonds. The molecule has 0 spiro atoms. The summed E-state index contributed by atoms with van der Waals surface area (Å²) >= 11 is 6.98. The van der Waals surface area contributed by atoms with Crippen LogP contribution in [0.3, 0.4) is 0 Å². The zero-order chi connectivity index (χ0) is 28.4. The van der Waals surface area contributed by atoms with Gasteiger partial charge in [0.15, 0.2) is 0 Å². The van der Waals surface area contributed by atoms with Gasteiger partial charge in [0.25, 0.3) is 16.8 Å². The summed E-state index contributed by atoms with van der Waals surface area (Å²) in [5.74, 6) is 0.0883. The maximum atomic E-state index is 13.0. The van der Waals surface area contributed by atoms with Gasteiger partial charge in [-0.05, 0) is 67.6 Å². The molecule has 1 aromatic heterocycles. The molecule has 0 N–H and O–H groups in total. The number of morpholine rings is 1. The molecule has 2 fully saturated rings. The number of carbonyl (C=O) groups is 2. The van der Waals surface area contributed by atoms with Crippen LogP contribution in [0.4, 0.5) is 16.2 Å². The van der Waals surface area contributed by atoms with Crippen molar-refractivity contribution < 1.29 is 24.0 Å². The predicted molar refractivity (Wildman–Crippen MR) is 155 cm³/mol. The lowest BCUT2D eigenvalue weighted by Gasteiger charge is -2.28. The third-order valence-corrected chi connectivity index (χ3v) is 8.02. The van der Waals surface area contributed by atoms with Crippen LogP contribution in [0.5, 0.6) is 5.75 Å². The molecule has 3 heterocycles. The number of hydrogen-bond acceptors (Lipinski definition) is 8. The van der Waals surface area contributed by atoms with Crippen LogP contribution < -0.4 is 9.64 Å². The first-order valence-electron chi connectivity index (χ1n) is 12.7. The summed E-state index contributed by atoms with van der Waals surface area (Å²) in [7, 11) is 0. The highest BCUT2D eigenvalue weighted by molar-refractivity contribution is 8.18. The third kappa shape index (κ3) is 5.58. The molecule has 2 saturated heterocycles. The number of hydrogen-bond donors (Lipinski definition) is 0. The van der Waals surface area contributed by atoms with E-state index in [4.69, 9.17) is 21.1 Å². The second-order valence-corrected chi connectivity index (χ2v) is 10.7. The number of nitro groups is 1. The van der Waals surface area contributed by atoms with E-state index < -0.39 is 5.91 Å². The van der Waals surface area contributed by atoms with Crippen molar-refractivity contribution in [1.29, 1.82) is 0 Å². The summed E-state index contributed by atoms with van der Waals surface area (Å²) in [6.07, 6.45) is 1.69. The SMILES string of the molecule is Cc1cc(/C=C2\SC(=O)N(CCOc3ccccc3Cl)C2=O)c(C)n1-c1ccc(N2CCOCC2)c([N+](=O)[O-])c1. The molecule has 0 unspecified atom stereocenters. The molecule has 10 nitrogen and oxygen atoms in total. The van der Waals surface area contributed by atoms with Crippen molar-refractivity contribution >= 4 is 52.0 Å². The number of anilines is 1. The fraction of sp³-hybridized carbons (Fsp3) is 0.286. The Kier molecular flexibility index (Phi) is 8.15. The largest absolute Gasteiger partial charge is 0.490 e. The highest BCUT2D eigenvalue weighted by Gasteiger charge is 2.35. The van der Waals surface area contributed by atoms with Crippen LogP contribution in [-0.4, -0.2) is 65.0 Å². The molecule has 40 heavy (non-hydrogen) atoms. The summed E-state index contributed by atoms with van der Waals surface area (Å²) in [5, 5.41) is 12.0. The quantitative estimate of drug-likeness (QED) is 0.192. The van der Waals surface area contributed by atoms with E-state index in [0.29, 0.717) is 53.4 Å². The molecule has 0 aliphatic carbocycles. The molecule has 0 atom stereocenters. The van der Waals surface area contributed by atoms with Crippen molar-refractivity contribution in [1.82, 2.24) is 9.47 Å². The van der Waals surface area contributed by atoms with Gasteiger partial charge < -0.3 is 18.9 Å². The fourth-order valence-electron chi connectivity index (χ4n) is 4.84. The minimum absolute atomic E-state index is 0.0218. The molecule has 2 aromatic carbocycles. The lowest BCUT2D eigenvalue weighted by molar-refractivity contribution is -0.384. The van der Waals surface area contributed by atoms with Crippen LogP contribution in [0.2, 0.25) is 5.02 Å². The molecular formula is C28H27ClN4O6S. The first kappa shape index (κ1) is 27.8. The molecule has 5 rings (SSSR count). The minimum atomic E-state index is -0.395. The van der Waals surface area contributed by atoms with Crippen molar-refractivity contribution in [2.24, 2.45) is 0 Å². The number of aryl methyl sites for hydroxylation is 1. The Morgan fingerprint density at radius 1 is 1.12 bits per heavy atom. The molecule has 2 aliphatic rings. The number of benzene rings is 2.